The van der Waals surface area contributed by atoms with E-state index in [0.717, 1.165) is 11.3 Å². The first-order valence-electron chi connectivity index (χ1n) is 5.78. The van der Waals surface area contributed by atoms with E-state index in [9.17, 15) is 19.6 Å². The minimum atomic E-state index is -0.829. The maximum Gasteiger partial charge on any atom is 0.323 e. The van der Waals surface area contributed by atoms with Crippen LogP contribution in [-0.2, 0) is 0 Å². The summed E-state index contributed by atoms with van der Waals surface area (Å²) >= 11 is 0.969. The molecule has 20 heavy (non-hydrogen) atoms. The van der Waals surface area contributed by atoms with E-state index in [0.29, 0.717) is 10.4 Å². The molecule has 1 aromatic heterocycles. The Morgan fingerprint density at radius 3 is 2.75 bits per heavy atom. The number of nitrogens with zero attached hydrogens (tertiary/aromatic N) is 1. The van der Waals surface area contributed by atoms with E-state index < -0.39 is 16.8 Å². The Morgan fingerprint density at radius 2 is 2.15 bits per heavy atom. The molecule has 0 unspecified atom stereocenters. The molecular formula is C13H12FNO4S. The molecule has 0 fully saturated rings. The molecule has 0 amide bonds. The van der Waals surface area contributed by atoms with Crippen LogP contribution in [0.4, 0.5) is 10.1 Å². The lowest BCUT2D eigenvalue weighted by Crippen LogP contribution is -1.91. The van der Waals surface area contributed by atoms with Crippen molar-refractivity contribution < 1.29 is 19.2 Å². The third kappa shape index (κ3) is 2.94. The molecule has 7 heteroatoms. The van der Waals surface area contributed by atoms with Gasteiger partial charge in [0.05, 0.1) is 11.0 Å². The lowest BCUT2D eigenvalue weighted by Gasteiger charge is -2.06. The maximum absolute atomic E-state index is 13.2. The van der Waals surface area contributed by atoms with Crippen LogP contribution in [0.2, 0.25) is 0 Å². The van der Waals surface area contributed by atoms with E-state index in [2.05, 4.69) is 0 Å². The number of halogens is 1. The molecular weight excluding hydrogens is 285 g/mol. The molecule has 0 saturated carbocycles. The van der Waals surface area contributed by atoms with Gasteiger partial charge in [0, 0.05) is 17.0 Å². The summed E-state index contributed by atoms with van der Waals surface area (Å²) in [5.74, 6) is -0.271. The third-order valence-electron chi connectivity index (χ3n) is 2.66. The third-order valence-corrected chi connectivity index (χ3v) is 3.83. The van der Waals surface area contributed by atoms with Crippen molar-refractivity contribution in [2.45, 2.75) is 20.0 Å². The summed E-state index contributed by atoms with van der Waals surface area (Å²) in [6, 6.07) is 5.24. The molecule has 0 bridgehead atoms. The molecule has 0 aliphatic rings. The van der Waals surface area contributed by atoms with Crippen molar-refractivity contribution in [1.82, 2.24) is 0 Å². The molecule has 106 valence electrons. The van der Waals surface area contributed by atoms with Crippen LogP contribution in [0, 0.1) is 22.9 Å². The van der Waals surface area contributed by atoms with Gasteiger partial charge in [0.1, 0.15) is 11.6 Å². The Kier molecular flexibility index (Phi) is 4.01. The summed E-state index contributed by atoms with van der Waals surface area (Å²) in [5, 5.41) is 20.5. The fraction of sp³-hybridized carbons (Fsp3) is 0.231. The van der Waals surface area contributed by atoms with Gasteiger partial charge in [-0.3, -0.25) is 10.1 Å². The summed E-state index contributed by atoms with van der Waals surface area (Å²) in [7, 11) is 0. The van der Waals surface area contributed by atoms with Gasteiger partial charge in [-0.05, 0) is 25.5 Å². The van der Waals surface area contributed by atoms with Crippen LogP contribution in [0.3, 0.4) is 0 Å². The first-order chi connectivity index (χ1) is 9.38. The highest BCUT2D eigenvalue weighted by Crippen LogP contribution is 2.42. The monoisotopic (exact) mass is 297 g/mol. The van der Waals surface area contributed by atoms with Gasteiger partial charge in [-0.2, -0.15) is 0 Å². The van der Waals surface area contributed by atoms with E-state index in [1.54, 1.807) is 6.92 Å². The molecule has 0 aliphatic carbocycles. The largest absolute Gasteiger partial charge is 0.440 e. The number of benzene rings is 1. The van der Waals surface area contributed by atoms with Crippen molar-refractivity contribution >= 4 is 17.0 Å². The summed E-state index contributed by atoms with van der Waals surface area (Å²) in [6.45, 7) is 3.22. The Bertz CT molecular complexity index is 654. The molecule has 1 aromatic carbocycles. The average molecular weight is 297 g/mol. The number of aliphatic hydroxyl groups excluding tert-OH is 1. The minimum Gasteiger partial charge on any atom is -0.440 e. The summed E-state index contributed by atoms with van der Waals surface area (Å²) in [6.07, 6.45) is -0.829. The van der Waals surface area contributed by atoms with Gasteiger partial charge < -0.3 is 9.84 Å². The highest BCUT2D eigenvalue weighted by atomic mass is 32.1. The van der Waals surface area contributed by atoms with Crippen LogP contribution in [0.25, 0.3) is 0 Å². The fourth-order valence-electron chi connectivity index (χ4n) is 1.57. The number of hydrogen-bond acceptors (Lipinski definition) is 5. The van der Waals surface area contributed by atoms with Gasteiger partial charge in [0.15, 0.2) is 0 Å². The topological polar surface area (TPSA) is 72.6 Å². The van der Waals surface area contributed by atoms with Crippen LogP contribution in [0.15, 0.2) is 24.3 Å². The van der Waals surface area contributed by atoms with Crippen molar-refractivity contribution in [3.05, 3.63) is 50.6 Å². The molecule has 2 aromatic rings. The smallest absolute Gasteiger partial charge is 0.323 e. The molecule has 0 spiro atoms. The van der Waals surface area contributed by atoms with Crippen molar-refractivity contribution in [3.8, 4) is 10.8 Å². The number of aryl methyl sites for hydroxylation is 1. The molecule has 1 N–H and O–H groups in total. The molecule has 0 aliphatic heterocycles. The summed E-state index contributed by atoms with van der Waals surface area (Å²) < 4.78 is 18.6. The van der Waals surface area contributed by atoms with Gasteiger partial charge in [-0.25, -0.2) is 4.39 Å². The number of thiophene rings is 1. The Hall–Kier alpha value is -1.99. The van der Waals surface area contributed by atoms with E-state index >= 15 is 0 Å². The van der Waals surface area contributed by atoms with Crippen LogP contribution in [-0.4, -0.2) is 10.0 Å². The fourth-order valence-corrected chi connectivity index (χ4v) is 2.50. The zero-order valence-corrected chi connectivity index (χ0v) is 11.6. The standard InChI is InChI=1S/C13H12FNO4S/c1-7-3-4-9(14)5-11(7)19-13-10(15(17)18)6-12(20-13)8(2)16/h3-6,8,16H,1-2H3/t8-/m0/s1. The first kappa shape index (κ1) is 14.4. The zero-order valence-electron chi connectivity index (χ0n) is 10.8. The SMILES string of the molecule is Cc1ccc(F)cc1Oc1sc([C@H](C)O)cc1[N+](=O)[O-]. The predicted octanol–water partition coefficient (Wildman–Crippen LogP) is 3.95. The number of hydrogen-bond donors (Lipinski definition) is 1. The van der Waals surface area contributed by atoms with E-state index in [1.807, 2.05) is 0 Å². The molecule has 2 rings (SSSR count). The Labute approximate surface area is 118 Å². The van der Waals surface area contributed by atoms with Gasteiger partial charge in [-0.1, -0.05) is 17.4 Å². The summed E-state index contributed by atoms with van der Waals surface area (Å²) in [5.41, 5.74) is 0.419. The van der Waals surface area contributed by atoms with E-state index in [1.165, 1.54) is 31.2 Å². The highest BCUT2D eigenvalue weighted by Gasteiger charge is 2.23. The van der Waals surface area contributed by atoms with Gasteiger partial charge in [-0.15, -0.1) is 0 Å². The number of aliphatic hydroxyl groups is 1. The minimum absolute atomic E-state index is 0.0274. The van der Waals surface area contributed by atoms with Crippen molar-refractivity contribution in [3.63, 3.8) is 0 Å². The van der Waals surface area contributed by atoms with Crippen molar-refractivity contribution in [2.24, 2.45) is 0 Å². The zero-order chi connectivity index (χ0) is 14.9. The second-order valence-electron chi connectivity index (χ2n) is 4.27. The average Bonchev–Trinajstić information content (AvgIpc) is 2.78. The molecule has 1 atom stereocenters. The van der Waals surface area contributed by atoms with E-state index in [-0.39, 0.29) is 16.5 Å². The quantitative estimate of drug-likeness (QED) is 0.685. The van der Waals surface area contributed by atoms with Gasteiger partial charge >= 0.3 is 5.69 Å². The lowest BCUT2D eigenvalue weighted by molar-refractivity contribution is -0.385. The molecule has 0 radical (unpaired) electrons. The first-order valence-corrected chi connectivity index (χ1v) is 6.60. The number of ether oxygens (including phenoxy) is 1. The normalized spacial score (nSPS) is 12.2. The van der Waals surface area contributed by atoms with Crippen molar-refractivity contribution in [1.29, 1.82) is 0 Å². The van der Waals surface area contributed by atoms with Crippen LogP contribution in [0.5, 0.6) is 10.8 Å². The molecule has 5 nitrogen and oxygen atoms in total. The highest BCUT2D eigenvalue weighted by molar-refractivity contribution is 7.14. The van der Waals surface area contributed by atoms with Gasteiger partial charge in [0.2, 0.25) is 0 Å². The maximum atomic E-state index is 13.2. The van der Waals surface area contributed by atoms with Crippen LogP contribution in [0.1, 0.15) is 23.5 Å². The van der Waals surface area contributed by atoms with Crippen molar-refractivity contribution in [2.75, 3.05) is 0 Å². The molecule has 0 saturated heterocycles. The predicted molar refractivity (Wildman–Crippen MR) is 72.8 cm³/mol. The van der Waals surface area contributed by atoms with Crippen LogP contribution < -0.4 is 4.74 Å². The number of rotatable bonds is 4. The Balaban J connectivity index is 2.42. The second-order valence-corrected chi connectivity index (χ2v) is 5.31. The summed E-state index contributed by atoms with van der Waals surface area (Å²) in [4.78, 5) is 10.8. The number of nitro groups is 1. The second kappa shape index (κ2) is 5.56. The van der Waals surface area contributed by atoms with Crippen LogP contribution >= 0.6 is 11.3 Å². The lowest BCUT2D eigenvalue weighted by atomic mass is 10.2. The Morgan fingerprint density at radius 1 is 1.45 bits per heavy atom. The van der Waals surface area contributed by atoms with E-state index in [4.69, 9.17) is 4.74 Å². The van der Waals surface area contributed by atoms with Gasteiger partial charge in [0.25, 0.3) is 5.06 Å². The molecule has 1 heterocycles.